The summed E-state index contributed by atoms with van der Waals surface area (Å²) in [6.45, 7) is 14.5. The van der Waals surface area contributed by atoms with Crippen molar-refractivity contribution >= 4 is 5.97 Å². The van der Waals surface area contributed by atoms with Crippen LogP contribution in [0.25, 0.3) is 11.5 Å². The predicted octanol–water partition coefficient (Wildman–Crippen LogP) is 5.07. The highest BCUT2D eigenvalue weighted by Crippen LogP contribution is 2.33. The summed E-state index contributed by atoms with van der Waals surface area (Å²) in [6, 6.07) is 6.55. The van der Waals surface area contributed by atoms with Gasteiger partial charge in [0.2, 0.25) is 11.8 Å². The van der Waals surface area contributed by atoms with Crippen molar-refractivity contribution < 1.29 is 14.3 Å². The Morgan fingerprint density at radius 3 is 2.14 bits per heavy atom. The van der Waals surface area contributed by atoms with E-state index in [-0.39, 0.29) is 17.3 Å². The van der Waals surface area contributed by atoms with Gasteiger partial charge < -0.3 is 14.8 Å². The lowest BCUT2D eigenvalue weighted by atomic mass is 9.79. The third-order valence-corrected chi connectivity index (χ3v) is 4.90. The lowest BCUT2D eigenvalue weighted by molar-refractivity contribution is -0.137. The Balaban J connectivity index is 2.03. The Bertz CT molecular complexity index is 781. The maximum Gasteiger partial charge on any atom is 0.303 e. The van der Waals surface area contributed by atoms with Gasteiger partial charge in [-0.3, -0.25) is 4.79 Å². The van der Waals surface area contributed by atoms with Gasteiger partial charge in [-0.15, -0.1) is 10.2 Å². The molecule has 29 heavy (non-hydrogen) atoms. The van der Waals surface area contributed by atoms with Crippen LogP contribution in [0.15, 0.2) is 22.6 Å². The van der Waals surface area contributed by atoms with Gasteiger partial charge in [-0.1, -0.05) is 54.0 Å². The average Bonchev–Trinajstić information content (AvgIpc) is 3.07. The van der Waals surface area contributed by atoms with E-state index in [0.717, 1.165) is 24.9 Å². The Morgan fingerprint density at radius 1 is 0.966 bits per heavy atom. The number of aromatic nitrogens is 2. The number of rotatable bonds is 9. The SMILES string of the molecule is CC(C)(C)c1cc(-c2nnc(CNCCCCCC(=O)O)o2)cc(C(C)(C)C)c1. The van der Waals surface area contributed by atoms with E-state index >= 15 is 0 Å². The molecule has 0 aliphatic carbocycles. The second kappa shape index (κ2) is 9.53. The number of carboxylic acid groups (broad SMARTS) is 1. The van der Waals surface area contributed by atoms with Gasteiger partial charge in [0.25, 0.3) is 0 Å². The summed E-state index contributed by atoms with van der Waals surface area (Å²) in [5.41, 5.74) is 3.51. The molecule has 0 spiro atoms. The van der Waals surface area contributed by atoms with Crippen LogP contribution in [0.2, 0.25) is 0 Å². The highest BCUT2D eigenvalue weighted by atomic mass is 16.4. The molecule has 2 N–H and O–H groups in total. The fourth-order valence-electron chi connectivity index (χ4n) is 2.96. The lowest BCUT2D eigenvalue weighted by Gasteiger charge is -2.25. The topological polar surface area (TPSA) is 88.2 Å². The second-order valence-electron chi connectivity index (χ2n) is 9.68. The first kappa shape index (κ1) is 23.1. The minimum absolute atomic E-state index is 0.0288. The Labute approximate surface area is 174 Å². The molecular weight excluding hydrogens is 366 g/mol. The molecule has 1 aromatic carbocycles. The largest absolute Gasteiger partial charge is 0.481 e. The number of carboxylic acids is 1. The van der Waals surface area contributed by atoms with E-state index in [1.807, 2.05) is 0 Å². The molecule has 1 heterocycles. The molecule has 0 amide bonds. The molecule has 2 rings (SSSR count). The van der Waals surface area contributed by atoms with Gasteiger partial charge in [0.15, 0.2) is 0 Å². The molecule has 0 bridgehead atoms. The van der Waals surface area contributed by atoms with Crippen LogP contribution in [-0.4, -0.2) is 27.8 Å². The Kier molecular flexibility index (Phi) is 7.58. The molecule has 160 valence electrons. The van der Waals surface area contributed by atoms with E-state index in [2.05, 4.69) is 75.3 Å². The van der Waals surface area contributed by atoms with Crippen molar-refractivity contribution in [2.24, 2.45) is 0 Å². The molecule has 0 radical (unpaired) electrons. The monoisotopic (exact) mass is 401 g/mol. The average molecular weight is 402 g/mol. The molecule has 0 atom stereocenters. The van der Waals surface area contributed by atoms with Crippen molar-refractivity contribution in [3.05, 3.63) is 35.2 Å². The van der Waals surface area contributed by atoms with Crippen LogP contribution in [0.5, 0.6) is 0 Å². The van der Waals surface area contributed by atoms with Crippen LogP contribution >= 0.6 is 0 Å². The van der Waals surface area contributed by atoms with Crippen LogP contribution in [0.4, 0.5) is 0 Å². The van der Waals surface area contributed by atoms with Crippen LogP contribution in [0.1, 0.15) is 84.2 Å². The molecular formula is C23H35N3O3. The molecule has 0 fully saturated rings. The third-order valence-electron chi connectivity index (χ3n) is 4.90. The van der Waals surface area contributed by atoms with E-state index in [9.17, 15) is 4.79 Å². The Morgan fingerprint density at radius 2 is 1.59 bits per heavy atom. The standard InChI is InChI=1S/C23H35N3O3/c1-22(2,3)17-12-16(13-18(14-17)23(4,5)6)21-26-25-19(29-21)15-24-11-9-7-8-10-20(27)28/h12-14,24H,7-11,15H2,1-6H3,(H,27,28). The zero-order chi connectivity index (χ0) is 21.7. The normalized spacial score (nSPS) is 12.3. The number of nitrogens with zero attached hydrogens (tertiary/aromatic N) is 2. The third kappa shape index (κ3) is 7.28. The van der Waals surface area contributed by atoms with Crippen molar-refractivity contribution in [2.75, 3.05) is 6.54 Å². The minimum atomic E-state index is -0.735. The molecule has 0 saturated heterocycles. The van der Waals surface area contributed by atoms with Crippen LogP contribution in [0, 0.1) is 0 Å². The first-order valence-corrected chi connectivity index (χ1v) is 10.4. The molecule has 6 nitrogen and oxygen atoms in total. The molecule has 0 saturated carbocycles. The first-order chi connectivity index (χ1) is 13.5. The number of carbonyl (C=O) groups is 1. The van der Waals surface area contributed by atoms with Gasteiger partial charge in [0.05, 0.1) is 6.54 Å². The van der Waals surface area contributed by atoms with Crippen molar-refractivity contribution in [3.8, 4) is 11.5 Å². The summed E-state index contributed by atoms with van der Waals surface area (Å²) in [4.78, 5) is 10.5. The van der Waals surface area contributed by atoms with E-state index in [1.165, 1.54) is 11.1 Å². The highest BCUT2D eigenvalue weighted by Gasteiger charge is 2.22. The number of unbranched alkanes of at least 4 members (excludes halogenated alkanes) is 2. The van der Waals surface area contributed by atoms with Gasteiger partial charge in [-0.2, -0.15) is 0 Å². The fourth-order valence-corrected chi connectivity index (χ4v) is 2.96. The number of hydrogen-bond donors (Lipinski definition) is 2. The molecule has 1 aromatic heterocycles. The van der Waals surface area contributed by atoms with Gasteiger partial charge >= 0.3 is 5.97 Å². The minimum Gasteiger partial charge on any atom is -0.481 e. The lowest BCUT2D eigenvalue weighted by Crippen LogP contribution is -2.16. The summed E-state index contributed by atoms with van der Waals surface area (Å²) < 4.78 is 5.90. The molecule has 2 aromatic rings. The van der Waals surface area contributed by atoms with Crippen molar-refractivity contribution in [2.45, 2.75) is 84.6 Å². The summed E-state index contributed by atoms with van der Waals surface area (Å²) in [7, 11) is 0. The van der Waals surface area contributed by atoms with E-state index in [1.54, 1.807) is 0 Å². The number of hydrogen-bond acceptors (Lipinski definition) is 5. The molecule has 6 heteroatoms. The number of nitrogens with one attached hydrogen (secondary N) is 1. The zero-order valence-electron chi connectivity index (χ0n) is 18.6. The number of aliphatic carboxylic acids is 1. The summed E-state index contributed by atoms with van der Waals surface area (Å²) in [5, 5.41) is 20.4. The van der Waals surface area contributed by atoms with Crippen LogP contribution in [0.3, 0.4) is 0 Å². The first-order valence-electron chi connectivity index (χ1n) is 10.4. The Hall–Kier alpha value is -2.21. The summed E-state index contributed by atoms with van der Waals surface area (Å²) >= 11 is 0. The second-order valence-corrected chi connectivity index (χ2v) is 9.68. The van der Waals surface area contributed by atoms with E-state index in [0.29, 0.717) is 24.7 Å². The van der Waals surface area contributed by atoms with E-state index in [4.69, 9.17) is 9.52 Å². The van der Waals surface area contributed by atoms with Crippen molar-refractivity contribution in [3.63, 3.8) is 0 Å². The maximum atomic E-state index is 10.5. The highest BCUT2D eigenvalue weighted by molar-refractivity contribution is 5.66. The smallest absolute Gasteiger partial charge is 0.303 e. The van der Waals surface area contributed by atoms with Crippen molar-refractivity contribution in [1.82, 2.24) is 15.5 Å². The summed E-state index contributed by atoms with van der Waals surface area (Å²) in [5.74, 6) is 0.366. The quantitative estimate of drug-likeness (QED) is 0.571. The molecule has 0 aliphatic heterocycles. The number of benzene rings is 1. The van der Waals surface area contributed by atoms with Crippen molar-refractivity contribution in [1.29, 1.82) is 0 Å². The van der Waals surface area contributed by atoms with Crippen LogP contribution in [-0.2, 0) is 22.2 Å². The van der Waals surface area contributed by atoms with Crippen LogP contribution < -0.4 is 5.32 Å². The maximum absolute atomic E-state index is 10.5. The van der Waals surface area contributed by atoms with E-state index < -0.39 is 5.97 Å². The zero-order valence-corrected chi connectivity index (χ0v) is 18.6. The van der Waals surface area contributed by atoms with Gasteiger partial charge in [-0.25, -0.2) is 0 Å². The molecule has 0 unspecified atom stereocenters. The van der Waals surface area contributed by atoms with Gasteiger partial charge in [0.1, 0.15) is 0 Å². The van der Waals surface area contributed by atoms with Gasteiger partial charge in [-0.05, 0) is 53.5 Å². The fraction of sp³-hybridized carbons (Fsp3) is 0.609. The predicted molar refractivity (Wildman–Crippen MR) is 115 cm³/mol. The molecule has 0 aliphatic rings. The van der Waals surface area contributed by atoms with Gasteiger partial charge in [0, 0.05) is 12.0 Å². The summed E-state index contributed by atoms with van der Waals surface area (Å²) in [6.07, 6.45) is 2.76.